The quantitative estimate of drug-likeness (QED) is 0.364. The van der Waals surface area contributed by atoms with Crippen LogP contribution in [0.2, 0.25) is 0 Å². The van der Waals surface area contributed by atoms with Gasteiger partial charge in [-0.25, -0.2) is 9.78 Å². The van der Waals surface area contributed by atoms with Crippen LogP contribution in [-0.2, 0) is 16.1 Å². The molecule has 3 N–H and O–H groups in total. The highest BCUT2D eigenvalue weighted by molar-refractivity contribution is 7.20. The van der Waals surface area contributed by atoms with Crippen LogP contribution in [0.25, 0.3) is 21.3 Å². The van der Waals surface area contributed by atoms with Crippen LogP contribution in [0, 0.1) is 13.8 Å². The molecule has 4 rings (SSSR count). The van der Waals surface area contributed by atoms with Crippen molar-refractivity contribution in [1.82, 2.24) is 9.55 Å². The van der Waals surface area contributed by atoms with E-state index < -0.39 is 23.3 Å². The summed E-state index contributed by atoms with van der Waals surface area (Å²) in [6, 6.07) is 7.67. The Balaban J connectivity index is 1.64. The number of primary amides is 1. The molecule has 3 heterocycles. The fourth-order valence-corrected chi connectivity index (χ4v) is 5.59. The molecule has 35 heavy (non-hydrogen) atoms. The lowest BCUT2D eigenvalue weighted by Crippen LogP contribution is -2.28. The Labute approximate surface area is 208 Å². The van der Waals surface area contributed by atoms with Gasteiger partial charge >= 0.3 is 5.97 Å². The number of carbonyl (C=O) groups excluding carboxylic acids is 3. The van der Waals surface area contributed by atoms with Gasteiger partial charge in [-0.1, -0.05) is 29.8 Å². The van der Waals surface area contributed by atoms with Crippen molar-refractivity contribution in [3.05, 3.63) is 67.9 Å². The number of anilines is 1. The summed E-state index contributed by atoms with van der Waals surface area (Å²) in [5.41, 5.74) is 8.17. The highest BCUT2D eigenvalue weighted by Gasteiger charge is 2.23. The van der Waals surface area contributed by atoms with Crippen molar-refractivity contribution in [2.75, 3.05) is 11.9 Å². The second kappa shape index (κ2) is 9.80. The lowest BCUT2D eigenvalue weighted by molar-refractivity contribution is -0.116. The number of nitrogens with one attached hydrogen (secondary N) is 1. The minimum absolute atomic E-state index is 0.184. The topological polar surface area (TPSA) is 133 Å². The summed E-state index contributed by atoms with van der Waals surface area (Å²) in [4.78, 5) is 55.1. The van der Waals surface area contributed by atoms with E-state index in [0.717, 1.165) is 27.0 Å². The summed E-state index contributed by atoms with van der Waals surface area (Å²) < 4.78 is 6.38. The second-order valence-electron chi connectivity index (χ2n) is 7.77. The third-order valence-electron chi connectivity index (χ3n) is 5.34. The van der Waals surface area contributed by atoms with Crippen LogP contribution in [0.3, 0.4) is 0 Å². The molecule has 0 spiro atoms. The number of nitrogens with two attached hydrogens (primary N) is 1. The molecule has 11 heteroatoms. The number of hydrogen-bond donors (Lipinski definition) is 2. The van der Waals surface area contributed by atoms with Crippen molar-refractivity contribution in [2.24, 2.45) is 5.73 Å². The van der Waals surface area contributed by atoms with Crippen molar-refractivity contribution in [3.63, 3.8) is 0 Å². The predicted molar refractivity (Wildman–Crippen MR) is 136 cm³/mol. The zero-order chi connectivity index (χ0) is 25.3. The average Bonchev–Trinajstić information content (AvgIpc) is 3.38. The fraction of sp³-hybridized carbons (Fsp3) is 0.208. The van der Waals surface area contributed by atoms with Gasteiger partial charge < -0.3 is 15.8 Å². The Kier molecular flexibility index (Phi) is 6.81. The highest BCUT2D eigenvalue weighted by atomic mass is 32.1. The van der Waals surface area contributed by atoms with E-state index in [9.17, 15) is 19.2 Å². The predicted octanol–water partition coefficient (Wildman–Crippen LogP) is 3.72. The molecule has 0 aliphatic heterocycles. The maximum atomic E-state index is 13.0. The Morgan fingerprint density at radius 3 is 2.54 bits per heavy atom. The zero-order valence-electron chi connectivity index (χ0n) is 19.2. The third-order valence-corrected chi connectivity index (χ3v) is 7.45. The molecule has 0 radical (unpaired) electrons. The molecular formula is C24H22N4O5S2. The smallest absolute Gasteiger partial charge is 0.341 e. The molecule has 0 atom stereocenters. The summed E-state index contributed by atoms with van der Waals surface area (Å²) in [6.07, 6.45) is 1.25. The molecule has 0 unspecified atom stereocenters. The lowest BCUT2D eigenvalue weighted by Gasteiger charge is -2.10. The van der Waals surface area contributed by atoms with Crippen molar-refractivity contribution < 1.29 is 19.1 Å². The molecule has 0 bridgehead atoms. The number of benzene rings is 1. The summed E-state index contributed by atoms with van der Waals surface area (Å²) in [5.74, 6) is -1.70. The van der Waals surface area contributed by atoms with E-state index in [1.165, 1.54) is 17.7 Å². The van der Waals surface area contributed by atoms with E-state index in [1.54, 1.807) is 19.2 Å². The molecule has 0 fully saturated rings. The van der Waals surface area contributed by atoms with E-state index in [1.807, 2.05) is 31.2 Å². The third kappa shape index (κ3) is 4.73. The maximum Gasteiger partial charge on any atom is 0.341 e. The summed E-state index contributed by atoms with van der Waals surface area (Å²) in [7, 11) is 0. The van der Waals surface area contributed by atoms with E-state index in [-0.39, 0.29) is 29.0 Å². The first-order chi connectivity index (χ1) is 16.7. The van der Waals surface area contributed by atoms with Crippen molar-refractivity contribution in [2.45, 2.75) is 27.3 Å². The SMILES string of the molecule is CCOC(=O)c1c(-c2ccc(C)cc2)csc1NC(=O)Cn1cnc2sc(C(N)=O)c(C)c2c1=O. The van der Waals surface area contributed by atoms with Crippen LogP contribution in [0.1, 0.15) is 38.1 Å². The lowest BCUT2D eigenvalue weighted by atomic mass is 10.0. The number of aromatic nitrogens is 2. The Morgan fingerprint density at radius 2 is 1.89 bits per heavy atom. The molecule has 0 saturated heterocycles. The van der Waals surface area contributed by atoms with E-state index >= 15 is 0 Å². The van der Waals surface area contributed by atoms with Gasteiger partial charge in [0.25, 0.3) is 11.5 Å². The molecule has 4 aromatic rings. The van der Waals surface area contributed by atoms with Crippen molar-refractivity contribution >= 4 is 55.7 Å². The van der Waals surface area contributed by atoms with Gasteiger partial charge in [-0.15, -0.1) is 22.7 Å². The van der Waals surface area contributed by atoms with E-state index in [4.69, 9.17) is 10.5 Å². The molecule has 0 aliphatic carbocycles. The summed E-state index contributed by atoms with van der Waals surface area (Å²) in [6.45, 7) is 5.15. The van der Waals surface area contributed by atoms with Crippen LogP contribution in [0.15, 0.2) is 40.8 Å². The van der Waals surface area contributed by atoms with Gasteiger partial charge in [-0.05, 0) is 31.9 Å². The number of nitrogens with zero attached hydrogens (tertiary/aromatic N) is 2. The van der Waals surface area contributed by atoms with Crippen molar-refractivity contribution in [1.29, 1.82) is 0 Å². The molecular weight excluding hydrogens is 488 g/mol. The van der Waals surface area contributed by atoms with Gasteiger partial charge in [0.1, 0.15) is 21.9 Å². The number of amides is 2. The summed E-state index contributed by atoms with van der Waals surface area (Å²) >= 11 is 2.24. The molecule has 180 valence electrons. The van der Waals surface area contributed by atoms with Crippen molar-refractivity contribution in [3.8, 4) is 11.1 Å². The number of fused-ring (bicyclic) bond motifs is 1. The molecule has 2 amide bonds. The molecule has 9 nitrogen and oxygen atoms in total. The van der Waals surface area contributed by atoms with Crippen LogP contribution >= 0.6 is 22.7 Å². The molecule has 1 aromatic carbocycles. The van der Waals surface area contributed by atoms with Gasteiger partial charge in [0, 0.05) is 10.9 Å². The van der Waals surface area contributed by atoms with Crippen LogP contribution in [-0.4, -0.2) is 33.9 Å². The van der Waals surface area contributed by atoms with Gasteiger partial charge in [0.2, 0.25) is 5.91 Å². The first-order valence-electron chi connectivity index (χ1n) is 10.6. The number of thiophene rings is 2. The molecule has 0 aliphatic rings. The number of hydrogen-bond acceptors (Lipinski definition) is 8. The Hall–Kier alpha value is -3.83. The minimum Gasteiger partial charge on any atom is -0.462 e. The second-order valence-corrected chi connectivity index (χ2v) is 9.65. The number of ether oxygens (including phenoxy) is 1. The average molecular weight is 511 g/mol. The number of esters is 1. The Morgan fingerprint density at radius 1 is 1.17 bits per heavy atom. The zero-order valence-corrected chi connectivity index (χ0v) is 20.8. The number of aryl methyl sites for hydroxylation is 2. The van der Waals surface area contributed by atoms with Gasteiger partial charge in [0.15, 0.2) is 0 Å². The van der Waals surface area contributed by atoms with Crippen LogP contribution in [0.4, 0.5) is 5.00 Å². The first kappa shape index (κ1) is 24.3. The fourth-order valence-electron chi connectivity index (χ4n) is 3.63. The monoisotopic (exact) mass is 510 g/mol. The maximum absolute atomic E-state index is 13.0. The molecule has 0 saturated carbocycles. The standard InChI is InChI=1S/C24H22N4O5S2/c1-4-33-24(32)18-15(14-7-5-12(2)6-8-14)10-34-22(18)27-16(29)9-28-11-26-21-17(23(28)31)13(3)19(35-21)20(25)30/h5-8,10-11H,4,9H2,1-3H3,(H2,25,30)(H,27,29). The normalized spacial score (nSPS) is 10.9. The van der Waals surface area contributed by atoms with Gasteiger partial charge in [-0.2, -0.15) is 0 Å². The van der Waals surface area contributed by atoms with Crippen LogP contribution in [0.5, 0.6) is 0 Å². The largest absolute Gasteiger partial charge is 0.462 e. The first-order valence-corrected chi connectivity index (χ1v) is 12.3. The minimum atomic E-state index is -0.636. The molecule has 3 aromatic heterocycles. The number of carbonyl (C=O) groups is 3. The van der Waals surface area contributed by atoms with Crippen LogP contribution < -0.4 is 16.6 Å². The highest BCUT2D eigenvalue weighted by Crippen LogP contribution is 2.36. The Bertz CT molecular complexity index is 1520. The summed E-state index contributed by atoms with van der Waals surface area (Å²) in [5, 5.41) is 5.10. The van der Waals surface area contributed by atoms with Gasteiger partial charge in [-0.3, -0.25) is 19.0 Å². The van der Waals surface area contributed by atoms with E-state index in [0.29, 0.717) is 21.0 Å². The van der Waals surface area contributed by atoms with E-state index in [2.05, 4.69) is 10.3 Å². The van der Waals surface area contributed by atoms with Gasteiger partial charge in [0.05, 0.1) is 23.2 Å². The number of rotatable bonds is 7.